The number of rotatable bonds is 4. The van der Waals surface area contributed by atoms with Gasteiger partial charge in [-0.05, 0) is 48.4 Å². The first-order valence-electron chi connectivity index (χ1n) is 5.98. The first-order valence-corrected chi connectivity index (χ1v) is 7.15. The highest BCUT2D eigenvalue weighted by Crippen LogP contribution is 2.26. The molecule has 2 nitrogen and oxygen atoms in total. The van der Waals surface area contributed by atoms with Crippen LogP contribution in [0.2, 0.25) is 5.02 Å². The zero-order valence-corrected chi connectivity index (χ0v) is 12.9. The Balaban J connectivity index is 2.21. The second-order valence-corrected chi connectivity index (χ2v) is 5.60. The van der Waals surface area contributed by atoms with Crippen molar-refractivity contribution in [1.29, 1.82) is 0 Å². The molecule has 0 saturated carbocycles. The predicted molar refractivity (Wildman–Crippen MR) is 82.8 cm³/mol. The molecule has 0 bridgehead atoms. The van der Waals surface area contributed by atoms with E-state index in [1.54, 1.807) is 0 Å². The minimum absolute atomic E-state index is 0.195. The summed E-state index contributed by atoms with van der Waals surface area (Å²) >= 11 is 9.46. The summed E-state index contributed by atoms with van der Waals surface area (Å²) in [5, 5.41) is 0.687. The molecule has 0 aliphatic rings. The second kappa shape index (κ2) is 6.42. The van der Waals surface area contributed by atoms with Crippen LogP contribution >= 0.6 is 27.5 Å². The Hall–Kier alpha value is -1.03. The van der Waals surface area contributed by atoms with E-state index in [1.165, 1.54) is 0 Å². The van der Waals surface area contributed by atoms with Crippen LogP contribution in [0.5, 0.6) is 5.75 Å². The number of hydrogen-bond donors (Lipinski definition) is 1. The highest BCUT2D eigenvalue weighted by Gasteiger charge is 2.12. The van der Waals surface area contributed by atoms with E-state index in [0.29, 0.717) is 11.6 Å². The molecule has 2 aromatic rings. The van der Waals surface area contributed by atoms with Gasteiger partial charge in [-0.15, -0.1) is 0 Å². The molecule has 0 saturated heterocycles. The maximum absolute atomic E-state index is 5.99. The summed E-state index contributed by atoms with van der Waals surface area (Å²) in [6.07, 6.45) is -0.195. The first kappa shape index (κ1) is 14.4. The fourth-order valence-electron chi connectivity index (χ4n) is 1.81. The summed E-state index contributed by atoms with van der Waals surface area (Å²) in [6.45, 7) is 2.42. The van der Waals surface area contributed by atoms with Crippen LogP contribution in [0, 0.1) is 6.92 Å². The van der Waals surface area contributed by atoms with Gasteiger partial charge >= 0.3 is 0 Å². The maximum Gasteiger partial charge on any atom is 0.136 e. The van der Waals surface area contributed by atoms with Gasteiger partial charge in [0.2, 0.25) is 0 Å². The van der Waals surface area contributed by atoms with Crippen LogP contribution in [0.15, 0.2) is 46.9 Å². The van der Waals surface area contributed by atoms with Crippen LogP contribution in [0.4, 0.5) is 0 Å². The van der Waals surface area contributed by atoms with E-state index in [1.807, 2.05) is 49.4 Å². The Bertz CT molecular complexity index is 574. The van der Waals surface area contributed by atoms with Crippen molar-refractivity contribution in [3.63, 3.8) is 0 Å². The van der Waals surface area contributed by atoms with E-state index >= 15 is 0 Å². The zero-order valence-electron chi connectivity index (χ0n) is 10.6. The topological polar surface area (TPSA) is 35.2 Å². The quantitative estimate of drug-likeness (QED) is 0.890. The van der Waals surface area contributed by atoms with Crippen molar-refractivity contribution in [2.24, 2.45) is 5.73 Å². The molecule has 0 aromatic heterocycles. The van der Waals surface area contributed by atoms with Crippen molar-refractivity contribution >= 4 is 27.5 Å². The molecular formula is C15H15BrClNO. The first-order chi connectivity index (χ1) is 9.10. The Kier molecular flexibility index (Phi) is 4.86. The van der Waals surface area contributed by atoms with Crippen molar-refractivity contribution < 1.29 is 4.74 Å². The smallest absolute Gasteiger partial charge is 0.136 e. The largest absolute Gasteiger partial charge is 0.484 e. The van der Waals surface area contributed by atoms with Gasteiger partial charge in [0.05, 0.1) is 0 Å². The molecule has 0 fully saturated rings. The van der Waals surface area contributed by atoms with Crippen LogP contribution in [-0.2, 0) is 0 Å². The minimum Gasteiger partial charge on any atom is -0.484 e. The third-order valence-electron chi connectivity index (χ3n) is 2.84. The number of aryl methyl sites for hydroxylation is 1. The lowest BCUT2D eigenvalue weighted by Crippen LogP contribution is -2.18. The monoisotopic (exact) mass is 339 g/mol. The lowest BCUT2D eigenvalue weighted by atomic mass is 10.1. The third kappa shape index (κ3) is 3.72. The number of ether oxygens (including phenoxy) is 1. The van der Waals surface area contributed by atoms with Gasteiger partial charge in [-0.25, -0.2) is 0 Å². The highest BCUT2D eigenvalue weighted by atomic mass is 79.9. The molecule has 0 aliphatic heterocycles. The van der Waals surface area contributed by atoms with Crippen molar-refractivity contribution in [2.45, 2.75) is 13.0 Å². The Labute approximate surface area is 126 Å². The fourth-order valence-corrected chi connectivity index (χ4v) is 2.26. The molecular weight excluding hydrogens is 326 g/mol. The fraction of sp³-hybridized carbons (Fsp3) is 0.200. The van der Waals surface area contributed by atoms with E-state index < -0.39 is 0 Å². The zero-order chi connectivity index (χ0) is 13.8. The Morgan fingerprint density at radius 2 is 2.05 bits per heavy atom. The molecule has 0 aliphatic carbocycles. The van der Waals surface area contributed by atoms with E-state index in [4.69, 9.17) is 22.1 Å². The highest BCUT2D eigenvalue weighted by molar-refractivity contribution is 9.10. The predicted octanol–water partition coefficient (Wildman–Crippen LogP) is 4.49. The van der Waals surface area contributed by atoms with Gasteiger partial charge in [0.1, 0.15) is 11.9 Å². The van der Waals surface area contributed by atoms with Crippen molar-refractivity contribution in [2.75, 3.05) is 6.54 Å². The van der Waals surface area contributed by atoms with Crippen molar-refractivity contribution in [3.8, 4) is 5.75 Å². The number of benzene rings is 2. The Morgan fingerprint density at radius 3 is 2.68 bits per heavy atom. The molecule has 19 heavy (non-hydrogen) atoms. The van der Waals surface area contributed by atoms with Crippen LogP contribution in [0.25, 0.3) is 0 Å². The normalized spacial score (nSPS) is 12.2. The average Bonchev–Trinajstić information content (AvgIpc) is 2.40. The van der Waals surface area contributed by atoms with E-state index in [2.05, 4.69) is 15.9 Å². The lowest BCUT2D eigenvalue weighted by molar-refractivity contribution is 0.214. The summed E-state index contributed by atoms with van der Waals surface area (Å²) in [7, 11) is 0. The summed E-state index contributed by atoms with van der Waals surface area (Å²) < 4.78 is 7.00. The average molecular weight is 341 g/mol. The lowest BCUT2D eigenvalue weighted by Gasteiger charge is -2.18. The van der Waals surface area contributed by atoms with Gasteiger partial charge in [0.15, 0.2) is 0 Å². The van der Waals surface area contributed by atoms with Crippen LogP contribution in [0.1, 0.15) is 17.2 Å². The molecule has 0 spiro atoms. The van der Waals surface area contributed by atoms with Gasteiger partial charge in [0, 0.05) is 16.0 Å². The van der Waals surface area contributed by atoms with Gasteiger partial charge in [-0.1, -0.05) is 39.7 Å². The maximum atomic E-state index is 5.99. The van der Waals surface area contributed by atoms with Crippen LogP contribution in [-0.4, -0.2) is 6.54 Å². The molecule has 4 heteroatoms. The molecule has 0 radical (unpaired) electrons. The SMILES string of the molecule is Cc1cc(OC(CN)c2cccc(Cl)c2)ccc1Br. The number of nitrogens with two attached hydrogens (primary N) is 1. The van der Waals surface area contributed by atoms with E-state index in [-0.39, 0.29) is 6.10 Å². The summed E-state index contributed by atoms with van der Waals surface area (Å²) in [4.78, 5) is 0. The molecule has 2 aromatic carbocycles. The van der Waals surface area contributed by atoms with E-state index in [9.17, 15) is 0 Å². The third-order valence-corrected chi connectivity index (χ3v) is 3.97. The standard InChI is InChI=1S/C15H15BrClNO/c1-10-7-13(5-6-14(10)16)19-15(9-18)11-3-2-4-12(17)8-11/h2-8,15H,9,18H2,1H3. The summed E-state index contributed by atoms with van der Waals surface area (Å²) in [5.41, 5.74) is 7.90. The number of hydrogen-bond acceptors (Lipinski definition) is 2. The van der Waals surface area contributed by atoms with Gasteiger partial charge < -0.3 is 10.5 Å². The van der Waals surface area contributed by atoms with Crippen molar-refractivity contribution in [1.82, 2.24) is 0 Å². The molecule has 100 valence electrons. The van der Waals surface area contributed by atoms with Crippen LogP contribution in [0.3, 0.4) is 0 Å². The summed E-state index contributed by atoms with van der Waals surface area (Å²) in [5.74, 6) is 0.802. The Morgan fingerprint density at radius 1 is 1.26 bits per heavy atom. The molecule has 1 atom stereocenters. The van der Waals surface area contributed by atoms with Crippen LogP contribution < -0.4 is 10.5 Å². The van der Waals surface area contributed by atoms with Gasteiger partial charge in [-0.2, -0.15) is 0 Å². The number of halogens is 2. The van der Waals surface area contributed by atoms with Crippen molar-refractivity contribution in [3.05, 3.63) is 63.1 Å². The molecule has 2 N–H and O–H groups in total. The second-order valence-electron chi connectivity index (χ2n) is 4.31. The van der Waals surface area contributed by atoms with Gasteiger partial charge in [-0.3, -0.25) is 0 Å². The molecule has 2 rings (SSSR count). The molecule has 0 amide bonds. The molecule has 0 heterocycles. The van der Waals surface area contributed by atoms with Gasteiger partial charge in [0.25, 0.3) is 0 Å². The molecule has 1 unspecified atom stereocenters. The minimum atomic E-state index is -0.195. The van der Waals surface area contributed by atoms with E-state index in [0.717, 1.165) is 21.3 Å². The summed E-state index contributed by atoms with van der Waals surface area (Å²) in [6, 6.07) is 13.5.